The molecule has 0 radical (unpaired) electrons. The zero-order chi connectivity index (χ0) is 9.68. The molecule has 68 valence electrons. The second kappa shape index (κ2) is 7.08. The van der Waals surface area contributed by atoms with Crippen molar-refractivity contribution in [2.75, 3.05) is 0 Å². The van der Waals surface area contributed by atoms with Gasteiger partial charge in [0, 0.05) is 0 Å². The van der Waals surface area contributed by atoms with Crippen molar-refractivity contribution in [3.05, 3.63) is 42.0 Å². The van der Waals surface area contributed by atoms with Crippen LogP contribution in [0.5, 0.6) is 0 Å². The SMILES string of the molecule is O=C(O)C(=O)C=Cc1ccccc1.[KH]. The predicted molar refractivity (Wildman–Crippen MR) is 55.3 cm³/mol. The Morgan fingerprint density at radius 3 is 2.21 bits per heavy atom. The minimum atomic E-state index is -1.44. The van der Waals surface area contributed by atoms with Crippen molar-refractivity contribution in [1.29, 1.82) is 0 Å². The molecule has 0 spiro atoms. The van der Waals surface area contributed by atoms with Crippen molar-refractivity contribution >= 4 is 69.2 Å². The summed E-state index contributed by atoms with van der Waals surface area (Å²) in [5.41, 5.74) is 0.803. The summed E-state index contributed by atoms with van der Waals surface area (Å²) in [6, 6.07) is 9.03. The van der Waals surface area contributed by atoms with Crippen molar-refractivity contribution in [3.63, 3.8) is 0 Å². The summed E-state index contributed by atoms with van der Waals surface area (Å²) >= 11 is 0. The molecule has 0 fully saturated rings. The molecule has 0 bridgehead atoms. The van der Waals surface area contributed by atoms with Crippen molar-refractivity contribution in [3.8, 4) is 0 Å². The third kappa shape index (κ3) is 4.83. The van der Waals surface area contributed by atoms with Crippen molar-refractivity contribution in [2.24, 2.45) is 0 Å². The van der Waals surface area contributed by atoms with Gasteiger partial charge in [0.25, 0.3) is 5.78 Å². The van der Waals surface area contributed by atoms with Gasteiger partial charge in [0.15, 0.2) is 0 Å². The van der Waals surface area contributed by atoms with Crippen LogP contribution in [-0.4, -0.2) is 68.2 Å². The van der Waals surface area contributed by atoms with E-state index in [9.17, 15) is 9.59 Å². The number of carbonyl (C=O) groups excluding carboxylic acids is 1. The van der Waals surface area contributed by atoms with Crippen LogP contribution in [-0.2, 0) is 9.59 Å². The van der Waals surface area contributed by atoms with Crippen LogP contribution >= 0.6 is 0 Å². The maximum atomic E-state index is 10.6. The van der Waals surface area contributed by atoms with Crippen LogP contribution in [0.15, 0.2) is 36.4 Å². The van der Waals surface area contributed by atoms with Crippen LogP contribution in [0.3, 0.4) is 0 Å². The number of carboxylic acid groups (broad SMARTS) is 1. The van der Waals surface area contributed by atoms with Crippen molar-refractivity contribution < 1.29 is 14.7 Å². The molecule has 0 aromatic heterocycles. The molecule has 4 heteroatoms. The van der Waals surface area contributed by atoms with E-state index in [-0.39, 0.29) is 51.4 Å². The predicted octanol–water partition coefficient (Wildman–Crippen LogP) is 0.705. The first-order valence-electron chi connectivity index (χ1n) is 3.70. The molecular formula is C10H9KO3. The second-order valence-corrected chi connectivity index (χ2v) is 2.41. The molecule has 0 saturated heterocycles. The van der Waals surface area contributed by atoms with Gasteiger partial charge in [-0.1, -0.05) is 36.4 Å². The van der Waals surface area contributed by atoms with Gasteiger partial charge in [0.2, 0.25) is 0 Å². The summed E-state index contributed by atoms with van der Waals surface area (Å²) in [5, 5.41) is 8.26. The Labute approximate surface area is 124 Å². The average Bonchev–Trinajstić information content (AvgIpc) is 2.15. The molecule has 1 N–H and O–H groups in total. The quantitative estimate of drug-likeness (QED) is 0.460. The fourth-order valence-corrected chi connectivity index (χ4v) is 0.807. The molecule has 0 heterocycles. The van der Waals surface area contributed by atoms with Crippen LogP contribution in [0.1, 0.15) is 5.56 Å². The topological polar surface area (TPSA) is 54.4 Å². The zero-order valence-electron chi connectivity index (χ0n) is 6.81. The van der Waals surface area contributed by atoms with Gasteiger partial charge < -0.3 is 5.11 Å². The molecule has 0 saturated carbocycles. The first-order chi connectivity index (χ1) is 6.20. The Hall–Kier alpha value is -0.264. The monoisotopic (exact) mass is 216 g/mol. The third-order valence-corrected chi connectivity index (χ3v) is 1.44. The minimum absolute atomic E-state index is 0. The van der Waals surface area contributed by atoms with Crippen molar-refractivity contribution in [2.45, 2.75) is 0 Å². The first kappa shape index (κ1) is 13.7. The summed E-state index contributed by atoms with van der Waals surface area (Å²) in [6.07, 6.45) is 2.51. The first-order valence-corrected chi connectivity index (χ1v) is 3.70. The molecule has 3 nitrogen and oxygen atoms in total. The molecule has 0 aliphatic rings. The van der Waals surface area contributed by atoms with Gasteiger partial charge in [0.1, 0.15) is 0 Å². The average molecular weight is 216 g/mol. The molecule has 0 aliphatic carbocycles. The van der Waals surface area contributed by atoms with E-state index in [1.54, 1.807) is 12.1 Å². The molecular weight excluding hydrogens is 207 g/mol. The molecule has 0 unspecified atom stereocenters. The second-order valence-electron chi connectivity index (χ2n) is 2.41. The number of hydrogen-bond donors (Lipinski definition) is 1. The normalized spacial score (nSPS) is 9.43. The zero-order valence-corrected chi connectivity index (χ0v) is 6.81. The number of benzene rings is 1. The number of carbonyl (C=O) groups is 2. The van der Waals surface area contributed by atoms with E-state index in [2.05, 4.69) is 0 Å². The Kier molecular flexibility index (Phi) is 6.95. The van der Waals surface area contributed by atoms with Gasteiger partial charge in [-0.3, -0.25) is 4.79 Å². The Balaban J connectivity index is 0.00000169. The van der Waals surface area contributed by atoms with Gasteiger partial charge in [0.05, 0.1) is 0 Å². The van der Waals surface area contributed by atoms with Crippen LogP contribution < -0.4 is 0 Å². The summed E-state index contributed by atoms with van der Waals surface area (Å²) in [7, 11) is 0. The van der Waals surface area contributed by atoms with E-state index in [0.717, 1.165) is 11.6 Å². The van der Waals surface area contributed by atoms with Gasteiger partial charge >= 0.3 is 57.4 Å². The number of aliphatic carboxylic acids is 1. The summed E-state index contributed by atoms with van der Waals surface area (Å²) in [6.45, 7) is 0. The van der Waals surface area contributed by atoms with Crippen LogP contribution in [0.2, 0.25) is 0 Å². The van der Waals surface area contributed by atoms with Gasteiger partial charge in [-0.05, 0) is 11.6 Å². The molecule has 0 atom stereocenters. The summed E-state index contributed by atoms with van der Waals surface area (Å²) in [5.74, 6) is -2.35. The Bertz CT molecular complexity index is 344. The molecule has 1 aromatic rings. The van der Waals surface area contributed by atoms with E-state index >= 15 is 0 Å². The van der Waals surface area contributed by atoms with Gasteiger partial charge in [-0.15, -0.1) is 0 Å². The fourth-order valence-electron chi connectivity index (χ4n) is 0.807. The van der Waals surface area contributed by atoms with E-state index in [0.29, 0.717) is 0 Å². The molecule has 1 aromatic carbocycles. The van der Waals surface area contributed by atoms with Crippen LogP contribution in [0.4, 0.5) is 0 Å². The van der Waals surface area contributed by atoms with E-state index in [1.165, 1.54) is 6.08 Å². The van der Waals surface area contributed by atoms with Crippen LogP contribution in [0.25, 0.3) is 6.08 Å². The summed E-state index contributed by atoms with van der Waals surface area (Å²) < 4.78 is 0. The number of carboxylic acids is 1. The summed E-state index contributed by atoms with van der Waals surface area (Å²) in [4.78, 5) is 20.7. The Morgan fingerprint density at radius 1 is 1.14 bits per heavy atom. The van der Waals surface area contributed by atoms with Crippen LogP contribution in [0, 0.1) is 0 Å². The number of rotatable bonds is 3. The molecule has 0 amide bonds. The molecule has 14 heavy (non-hydrogen) atoms. The molecule has 1 rings (SSSR count). The van der Waals surface area contributed by atoms with E-state index in [4.69, 9.17) is 5.11 Å². The number of ketones is 1. The fraction of sp³-hybridized carbons (Fsp3) is 0. The Morgan fingerprint density at radius 2 is 1.71 bits per heavy atom. The van der Waals surface area contributed by atoms with Crippen molar-refractivity contribution in [1.82, 2.24) is 0 Å². The van der Waals surface area contributed by atoms with Gasteiger partial charge in [-0.25, -0.2) is 4.79 Å². The number of hydrogen-bond acceptors (Lipinski definition) is 2. The van der Waals surface area contributed by atoms with Gasteiger partial charge in [-0.2, -0.15) is 0 Å². The van der Waals surface area contributed by atoms with E-state index in [1.807, 2.05) is 18.2 Å². The molecule has 0 aliphatic heterocycles. The van der Waals surface area contributed by atoms with E-state index < -0.39 is 11.8 Å². The third-order valence-electron chi connectivity index (χ3n) is 1.44. The maximum absolute atomic E-state index is 10.6. The standard InChI is InChI=1S/C10H8O3.K.H/c11-9(10(12)13)7-6-8-4-2-1-3-5-8;;/h1-7H,(H,12,13);;.